The topological polar surface area (TPSA) is 117 Å². The Balaban J connectivity index is 1.50. The zero-order valence-corrected chi connectivity index (χ0v) is 15.5. The van der Waals surface area contributed by atoms with Crippen molar-refractivity contribution in [2.24, 2.45) is 0 Å². The summed E-state index contributed by atoms with van der Waals surface area (Å²) in [6.45, 7) is 0. The number of fused-ring (bicyclic) bond motifs is 1. The highest BCUT2D eigenvalue weighted by Gasteiger charge is 2.17. The lowest BCUT2D eigenvalue weighted by atomic mass is 10.1. The maximum absolute atomic E-state index is 12.4. The number of aromatic nitrogens is 2. The quantitative estimate of drug-likeness (QED) is 0.450. The summed E-state index contributed by atoms with van der Waals surface area (Å²) in [5.41, 5.74) is 4.71. The summed E-state index contributed by atoms with van der Waals surface area (Å²) in [5.74, 6) is -0.950. The van der Waals surface area contributed by atoms with Crippen molar-refractivity contribution in [2.75, 3.05) is 0 Å². The molecular weight excluding hydrogens is 396 g/mol. The number of carbonyl (C=O) groups is 2. The van der Waals surface area contributed by atoms with Crippen LogP contribution in [0.1, 0.15) is 21.0 Å². The molecule has 3 N–H and O–H groups in total. The van der Waals surface area contributed by atoms with Gasteiger partial charge in [-0.1, -0.05) is 41.9 Å². The molecule has 0 aliphatic carbocycles. The van der Waals surface area contributed by atoms with E-state index in [0.29, 0.717) is 27.1 Å². The number of rotatable bonds is 3. The van der Waals surface area contributed by atoms with Crippen LogP contribution >= 0.6 is 11.6 Å². The normalized spacial score (nSPS) is 10.7. The van der Waals surface area contributed by atoms with E-state index >= 15 is 0 Å². The minimum atomic E-state index is -0.691. The summed E-state index contributed by atoms with van der Waals surface area (Å²) in [6, 6.07) is 16.6. The van der Waals surface area contributed by atoms with E-state index in [0.717, 1.165) is 0 Å². The second kappa shape index (κ2) is 7.61. The number of nitrogens with one attached hydrogen (secondary N) is 3. The van der Waals surface area contributed by atoms with E-state index in [-0.39, 0.29) is 11.5 Å². The van der Waals surface area contributed by atoms with E-state index in [1.807, 2.05) is 0 Å². The van der Waals surface area contributed by atoms with Crippen molar-refractivity contribution in [1.82, 2.24) is 21.0 Å². The largest absolute Gasteiger partial charge is 0.451 e. The van der Waals surface area contributed by atoms with Crippen molar-refractivity contribution in [1.29, 1.82) is 0 Å². The van der Waals surface area contributed by atoms with Crippen molar-refractivity contribution in [3.8, 4) is 11.3 Å². The van der Waals surface area contributed by atoms with Gasteiger partial charge in [0.25, 0.3) is 11.5 Å². The van der Waals surface area contributed by atoms with E-state index in [1.165, 1.54) is 6.07 Å². The van der Waals surface area contributed by atoms with Crippen LogP contribution in [-0.4, -0.2) is 22.0 Å². The average molecular weight is 409 g/mol. The van der Waals surface area contributed by atoms with Gasteiger partial charge in [-0.05, 0) is 30.3 Å². The fraction of sp³-hybridized carbons (Fsp3) is 0. The molecule has 144 valence electrons. The SMILES string of the molecule is O=C(NNC(=O)c1n[nH]c(=O)c2ccccc12)c1ccc(-c2ccccc2Cl)o1. The van der Waals surface area contributed by atoms with E-state index < -0.39 is 17.4 Å². The predicted octanol–water partition coefficient (Wildman–Crippen LogP) is 2.91. The molecule has 0 aliphatic rings. The monoisotopic (exact) mass is 408 g/mol. The smallest absolute Gasteiger partial charge is 0.305 e. The third kappa shape index (κ3) is 3.61. The minimum Gasteiger partial charge on any atom is -0.451 e. The van der Waals surface area contributed by atoms with E-state index in [4.69, 9.17) is 16.0 Å². The average Bonchev–Trinajstić information content (AvgIpc) is 3.23. The number of hydrogen-bond acceptors (Lipinski definition) is 5. The number of halogens is 1. The van der Waals surface area contributed by atoms with Gasteiger partial charge in [0, 0.05) is 10.9 Å². The summed E-state index contributed by atoms with van der Waals surface area (Å²) < 4.78 is 5.53. The van der Waals surface area contributed by atoms with Crippen LogP contribution in [0.15, 0.2) is 69.9 Å². The summed E-state index contributed by atoms with van der Waals surface area (Å²) in [7, 11) is 0. The van der Waals surface area contributed by atoms with Crippen LogP contribution in [0.3, 0.4) is 0 Å². The van der Waals surface area contributed by atoms with Crippen molar-refractivity contribution < 1.29 is 14.0 Å². The summed E-state index contributed by atoms with van der Waals surface area (Å²) in [5, 5.41) is 7.19. The van der Waals surface area contributed by atoms with Gasteiger partial charge in [-0.3, -0.25) is 25.2 Å². The number of aromatic amines is 1. The number of furan rings is 1. The predicted molar refractivity (Wildman–Crippen MR) is 106 cm³/mol. The molecule has 2 aromatic heterocycles. The molecule has 0 saturated heterocycles. The first-order chi connectivity index (χ1) is 14.0. The molecule has 0 saturated carbocycles. The van der Waals surface area contributed by atoms with Crippen molar-refractivity contribution >= 4 is 34.2 Å². The molecule has 0 fully saturated rings. The molecule has 0 spiro atoms. The zero-order valence-electron chi connectivity index (χ0n) is 14.7. The zero-order chi connectivity index (χ0) is 20.4. The molecule has 8 nitrogen and oxygen atoms in total. The van der Waals surface area contributed by atoms with Gasteiger partial charge in [0.15, 0.2) is 11.5 Å². The Hall–Kier alpha value is -3.91. The Bertz CT molecular complexity index is 1290. The van der Waals surface area contributed by atoms with Gasteiger partial charge in [-0.2, -0.15) is 5.10 Å². The van der Waals surface area contributed by atoms with E-state index in [1.54, 1.807) is 54.6 Å². The fourth-order valence-corrected chi connectivity index (χ4v) is 3.02. The molecule has 0 atom stereocenters. The number of carbonyl (C=O) groups excluding carboxylic acids is 2. The third-order valence-corrected chi connectivity index (χ3v) is 4.50. The van der Waals surface area contributed by atoms with E-state index in [2.05, 4.69) is 21.0 Å². The van der Waals surface area contributed by atoms with Crippen molar-refractivity contribution in [3.63, 3.8) is 0 Å². The van der Waals surface area contributed by atoms with Gasteiger partial charge in [-0.25, -0.2) is 5.10 Å². The van der Waals surface area contributed by atoms with Gasteiger partial charge >= 0.3 is 5.91 Å². The Morgan fingerprint density at radius 1 is 0.897 bits per heavy atom. The minimum absolute atomic E-state index is 0.0143. The van der Waals surface area contributed by atoms with Gasteiger partial charge < -0.3 is 4.42 Å². The highest BCUT2D eigenvalue weighted by molar-refractivity contribution is 6.33. The summed E-state index contributed by atoms with van der Waals surface area (Å²) >= 11 is 6.13. The molecular formula is C20H13ClN4O4. The van der Waals surface area contributed by atoms with Crippen LogP contribution in [0, 0.1) is 0 Å². The molecule has 2 aromatic carbocycles. The lowest BCUT2D eigenvalue weighted by molar-refractivity contribution is 0.0829. The number of H-pyrrole nitrogens is 1. The Labute approximate surface area is 168 Å². The second-order valence-corrected chi connectivity index (χ2v) is 6.41. The molecule has 2 heterocycles. The molecule has 0 radical (unpaired) electrons. The first-order valence-corrected chi connectivity index (χ1v) is 8.85. The Morgan fingerprint density at radius 2 is 1.59 bits per heavy atom. The number of benzene rings is 2. The molecule has 0 aliphatic heterocycles. The number of nitrogens with zero attached hydrogens (tertiary/aromatic N) is 1. The van der Waals surface area contributed by atoms with Gasteiger partial charge in [0.2, 0.25) is 0 Å². The third-order valence-electron chi connectivity index (χ3n) is 4.17. The number of hydrogen-bond donors (Lipinski definition) is 3. The molecule has 29 heavy (non-hydrogen) atoms. The summed E-state index contributed by atoms with van der Waals surface area (Å²) in [6.07, 6.45) is 0. The van der Waals surface area contributed by atoms with Crippen LogP contribution in [-0.2, 0) is 0 Å². The maximum Gasteiger partial charge on any atom is 0.305 e. The van der Waals surface area contributed by atoms with Gasteiger partial charge in [0.05, 0.1) is 10.4 Å². The standard InChI is InChI=1S/C20H13ClN4O4/c21-14-8-4-3-7-13(14)15-9-10-16(29-15)19(27)24-25-20(28)17-11-5-1-2-6-12(11)18(26)23-22-17/h1-10H,(H,23,26)(H,24,27)(H,25,28). The lowest BCUT2D eigenvalue weighted by Crippen LogP contribution is -2.42. The van der Waals surface area contributed by atoms with Crippen molar-refractivity contribution in [2.45, 2.75) is 0 Å². The van der Waals surface area contributed by atoms with E-state index in [9.17, 15) is 14.4 Å². The molecule has 4 aromatic rings. The highest BCUT2D eigenvalue weighted by Crippen LogP contribution is 2.28. The summed E-state index contributed by atoms with van der Waals surface area (Å²) in [4.78, 5) is 36.5. The Morgan fingerprint density at radius 3 is 2.38 bits per heavy atom. The second-order valence-electron chi connectivity index (χ2n) is 6.00. The number of amides is 2. The fourth-order valence-electron chi connectivity index (χ4n) is 2.79. The highest BCUT2D eigenvalue weighted by atomic mass is 35.5. The molecule has 9 heteroatoms. The van der Waals surface area contributed by atoms with Gasteiger partial charge in [-0.15, -0.1) is 0 Å². The van der Waals surface area contributed by atoms with Crippen LogP contribution in [0.4, 0.5) is 0 Å². The number of hydrazine groups is 1. The molecule has 4 rings (SSSR count). The maximum atomic E-state index is 12.4. The first-order valence-electron chi connectivity index (χ1n) is 8.47. The van der Waals surface area contributed by atoms with Gasteiger partial charge in [0.1, 0.15) is 5.76 Å². The molecule has 0 unspecified atom stereocenters. The Kier molecular flexibility index (Phi) is 4.84. The van der Waals surface area contributed by atoms with Crippen LogP contribution in [0.25, 0.3) is 22.1 Å². The molecule has 2 amide bonds. The van der Waals surface area contributed by atoms with Crippen LogP contribution < -0.4 is 16.4 Å². The van der Waals surface area contributed by atoms with Crippen LogP contribution in [0.5, 0.6) is 0 Å². The first kappa shape index (κ1) is 18.5. The molecule has 0 bridgehead atoms. The lowest BCUT2D eigenvalue weighted by Gasteiger charge is -2.07. The van der Waals surface area contributed by atoms with Crippen molar-refractivity contribution in [3.05, 3.63) is 87.5 Å². The van der Waals surface area contributed by atoms with Crippen LogP contribution in [0.2, 0.25) is 5.02 Å².